The molecule has 5 rings (SSSR count). The monoisotopic (exact) mass is 495 g/mol. The smallest absolute Gasteiger partial charge is 0.279 e. The van der Waals surface area contributed by atoms with Gasteiger partial charge in [-0.1, -0.05) is 47.5 Å². The molecule has 0 saturated carbocycles. The summed E-state index contributed by atoms with van der Waals surface area (Å²) in [7, 11) is 1.52. The Bertz CT molecular complexity index is 1420. The van der Waals surface area contributed by atoms with E-state index in [-0.39, 0.29) is 5.56 Å². The molecule has 6 nitrogen and oxygen atoms in total. The molecule has 0 amide bonds. The van der Waals surface area contributed by atoms with E-state index in [4.69, 9.17) is 37.8 Å². The first-order valence-corrected chi connectivity index (χ1v) is 11.7. The minimum Gasteiger partial charge on any atom is -0.494 e. The molecule has 0 unspecified atom stereocenters. The van der Waals surface area contributed by atoms with Crippen LogP contribution < -0.4 is 15.2 Å². The van der Waals surface area contributed by atoms with Crippen LogP contribution in [-0.4, -0.2) is 43.2 Å². The molecule has 0 aliphatic carbocycles. The summed E-state index contributed by atoms with van der Waals surface area (Å²) in [4.78, 5) is 15.8. The SMILES string of the molecule is COc1c(Cl)cc(-c2nn(-c3cc(N4CCOCC4)ccc3C)c(=O)c3ccccc23)cc1Cl. The van der Waals surface area contributed by atoms with Crippen LogP contribution in [0.3, 0.4) is 0 Å². The molecule has 1 fully saturated rings. The number of methoxy groups -OCH3 is 1. The number of rotatable bonds is 4. The number of anilines is 1. The van der Waals surface area contributed by atoms with E-state index in [0.717, 1.165) is 35.4 Å². The van der Waals surface area contributed by atoms with Gasteiger partial charge in [-0.25, -0.2) is 0 Å². The molecule has 1 aromatic heterocycles. The maximum atomic E-state index is 13.6. The number of nitrogens with zero attached hydrogens (tertiary/aromatic N) is 3. The van der Waals surface area contributed by atoms with Gasteiger partial charge in [0.2, 0.25) is 0 Å². The van der Waals surface area contributed by atoms with Gasteiger partial charge in [-0.2, -0.15) is 9.78 Å². The van der Waals surface area contributed by atoms with Gasteiger partial charge in [-0.3, -0.25) is 4.79 Å². The van der Waals surface area contributed by atoms with Gasteiger partial charge in [0.05, 0.1) is 47.1 Å². The second kappa shape index (κ2) is 9.29. The van der Waals surface area contributed by atoms with Gasteiger partial charge in [0.25, 0.3) is 5.56 Å². The Hall–Kier alpha value is -3.06. The third-order valence-electron chi connectivity index (χ3n) is 6.08. The summed E-state index contributed by atoms with van der Waals surface area (Å²) in [6, 6.07) is 17.0. The fourth-order valence-electron chi connectivity index (χ4n) is 4.30. The lowest BCUT2D eigenvalue weighted by Gasteiger charge is -2.29. The molecule has 1 aliphatic heterocycles. The van der Waals surface area contributed by atoms with Gasteiger partial charge >= 0.3 is 0 Å². The lowest BCUT2D eigenvalue weighted by molar-refractivity contribution is 0.122. The van der Waals surface area contributed by atoms with Gasteiger partial charge < -0.3 is 14.4 Å². The molecule has 1 aliphatic rings. The van der Waals surface area contributed by atoms with E-state index in [1.807, 2.05) is 43.3 Å². The van der Waals surface area contributed by atoms with Crippen LogP contribution in [0, 0.1) is 6.92 Å². The molecule has 174 valence electrons. The Kier molecular flexibility index (Phi) is 6.21. The quantitative estimate of drug-likeness (QED) is 0.373. The molecule has 1 saturated heterocycles. The first kappa shape index (κ1) is 22.7. The molecule has 0 spiro atoms. The molecule has 0 bridgehead atoms. The third kappa shape index (κ3) is 4.02. The number of morpholine rings is 1. The van der Waals surface area contributed by atoms with Crippen molar-refractivity contribution in [1.29, 1.82) is 0 Å². The zero-order chi connectivity index (χ0) is 23.8. The van der Waals surface area contributed by atoms with Crippen LogP contribution >= 0.6 is 23.2 Å². The Balaban J connectivity index is 1.74. The zero-order valence-electron chi connectivity index (χ0n) is 18.8. The van der Waals surface area contributed by atoms with Crippen molar-refractivity contribution in [3.8, 4) is 22.7 Å². The lowest BCUT2D eigenvalue weighted by Crippen LogP contribution is -2.36. The number of benzene rings is 3. The molecular formula is C26H23Cl2N3O3. The van der Waals surface area contributed by atoms with E-state index in [0.29, 0.717) is 45.7 Å². The van der Waals surface area contributed by atoms with Crippen molar-refractivity contribution in [3.05, 3.63) is 80.6 Å². The van der Waals surface area contributed by atoms with Crippen molar-refractivity contribution in [2.75, 3.05) is 38.3 Å². The Morgan fingerprint density at radius 3 is 2.32 bits per heavy atom. The van der Waals surface area contributed by atoms with Crippen molar-refractivity contribution in [3.63, 3.8) is 0 Å². The van der Waals surface area contributed by atoms with Crippen LogP contribution in [0.4, 0.5) is 5.69 Å². The Morgan fingerprint density at radius 2 is 1.65 bits per heavy atom. The highest BCUT2D eigenvalue weighted by atomic mass is 35.5. The van der Waals surface area contributed by atoms with Crippen molar-refractivity contribution in [2.24, 2.45) is 0 Å². The number of ether oxygens (including phenoxy) is 2. The largest absolute Gasteiger partial charge is 0.494 e. The molecular weight excluding hydrogens is 473 g/mol. The topological polar surface area (TPSA) is 56.6 Å². The number of fused-ring (bicyclic) bond motifs is 1. The summed E-state index contributed by atoms with van der Waals surface area (Å²) in [5.74, 6) is 0.402. The first-order chi connectivity index (χ1) is 16.5. The predicted octanol–water partition coefficient (Wildman–Crippen LogP) is 5.51. The highest BCUT2D eigenvalue weighted by Gasteiger charge is 2.19. The van der Waals surface area contributed by atoms with Crippen molar-refractivity contribution < 1.29 is 9.47 Å². The fourth-order valence-corrected chi connectivity index (χ4v) is 4.94. The third-order valence-corrected chi connectivity index (χ3v) is 6.64. The molecule has 0 atom stereocenters. The van der Waals surface area contributed by atoms with Gasteiger partial charge in [-0.15, -0.1) is 0 Å². The average Bonchev–Trinajstić information content (AvgIpc) is 2.85. The number of hydrogen-bond donors (Lipinski definition) is 0. The van der Waals surface area contributed by atoms with Gasteiger partial charge in [0.15, 0.2) is 5.75 Å². The van der Waals surface area contributed by atoms with Gasteiger partial charge in [-0.05, 0) is 42.8 Å². The molecule has 34 heavy (non-hydrogen) atoms. The first-order valence-electron chi connectivity index (χ1n) is 11.0. The van der Waals surface area contributed by atoms with Crippen LogP contribution in [0.15, 0.2) is 59.4 Å². The fraction of sp³-hybridized carbons (Fsp3) is 0.231. The number of aromatic nitrogens is 2. The maximum Gasteiger partial charge on any atom is 0.279 e. The van der Waals surface area contributed by atoms with Crippen LogP contribution in [0.2, 0.25) is 10.0 Å². The van der Waals surface area contributed by atoms with E-state index in [2.05, 4.69) is 11.0 Å². The van der Waals surface area contributed by atoms with E-state index in [1.165, 1.54) is 11.8 Å². The Morgan fingerprint density at radius 1 is 0.971 bits per heavy atom. The lowest BCUT2D eigenvalue weighted by atomic mass is 10.0. The number of aryl methyl sites for hydroxylation is 1. The van der Waals surface area contributed by atoms with Crippen molar-refractivity contribution >= 4 is 39.7 Å². The predicted molar refractivity (Wildman–Crippen MR) is 137 cm³/mol. The minimum atomic E-state index is -0.188. The maximum absolute atomic E-state index is 13.6. The highest BCUT2D eigenvalue weighted by Crippen LogP contribution is 2.38. The standard InChI is InChI=1S/C26H23Cl2N3O3/c1-16-7-8-18(30-9-11-34-12-10-30)15-23(16)31-26(32)20-6-4-3-5-19(20)24(29-31)17-13-21(27)25(33-2)22(28)14-17/h3-8,13-15H,9-12H2,1-2H3. The average molecular weight is 496 g/mol. The molecule has 0 radical (unpaired) electrons. The summed E-state index contributed by atoms with van der Waals surface area (Å²) in [5.41, 5.74) is 3.82. The highest BCUT2D eigenvalue weighted by molar-refractivity contribution is 6.37. The second-order valence-electron chi connectivity index (χ2n) is 8.15. The summed E-state index contributed by atoms with van der Waals surface area (Å²) >= 11 is 12.9. The zero-order valence-corrected chi connectivity index (χ0v) is 20.4. The second-order valence-corrected chi connectivity index (χ2v) is 8.97. The minimum absolute atomic E-state index is 0.188. The molecule has 4 aromatic rings. The number of hydrogen-bond acceptors (Lipinski definition) is 5. The number of halogens is 2. The van der Waals surface area contributed by atoms with Crippen LogP contribution in [0.25, 0.3) is 27.7 Å². The van der Waals surface area contributed by atoms with E-state index in [1.54, 1.807) is 12.1 Å². The van der Waals surface area contributed by atoms with E-state index >= 15 is 0 Å². The summed E-state index contributed by atoms with van der Waals surface area (Å²) in [5, 5.41) is 6.86. The molecule has 3 aromatic carbocycles. The van der Waals surface area contributed by atoms with Gasteiger partial charge in [0, 0.05) is 29.7 Å². The summed E-state index contributed by atoms with van der Waals surface area (Å²) < 4.78 is 12.3. The molecule has 8 heteroatoms. The van der Waals surface area contributed by atoms with Gasteiger partial charge in [0.1, 0.15) is 0 Å². The summed E-state index contributed by atoms with van der Waals surface area (Å²) in [6.45, 7) is 4.94. The van der Waals surface area contributed by atoms with Crippen molar-refractivity contribution in [2.45, 2.75) is 6.92 Å². The Labute approximate surface area is 207 Å². The molecule has 0 N–H and O–H groups in total. The van der Waals surface area contributed by atoms with E-state index < -0.39 is 0 Å². The van der Waals surface area contributed by atoms with Crippen molar-refractivity contribution in [1.82, 2.24) is 9.78 Å². The van der Waals surface area contributed by atoms with Crippen LogP contribution in [0.1, 0.15) is 5.56 Å². The molecule has 2 heterocycles. The summed E-state index contributed by atoms with van der Waals surface area (Å²) in [6.07, 6.45) is 0. The normalized spacial score (nSPS) is 13.9. The van der Waals surface area contributed by atoms with Crippen LogP contribution in [0.5, 0.6) is 5.75 Å². The van der Waals surface area contributed by atoms with Crippen LogP contribution in [-0.2, 0) is 4.74 Å². The van der Waals surface area contributed by atoms with E-state index in [9.17, 15) is 4.79 Å².